The van der Waals surface area contributed by atoms with Crippen LogP contribution in [0.5, 0.6) is 0 Å². The van der Waals surface area contributed by atoms with Crippen LogP contribution in [0.1, 0.15) is 0 Å². The normalized spacial score (nSPS) is 11.3. The van der Waals surface area contributed by atoms with Crippen LogP contribution in [0.2, 0.25) is 0 Å². The van der Waals surface area contributed by atoms with Gasteiger partial charge in [-0.3, -0.25) is 4.79 Å². The van der Waals surface area contributed by atoms with E-state index in [1.165, 1.54) is 0 Å². The molecular weight excluding hydrogens is 280 g/mol. The number of hydrogen-bond donors (Lipinski definition) is 0. The van der Waals surface area contributed by atoms with Crippen molar-refractivity contribution in [3.8, 4) is 10.6 Å². The summed E-state index contributed by atoms with van der Waals surface area (Å²) in [7, 11) is 1.80. The largest absolute Gasteiger partial charge is 0.311 e. The maximum absolute atomic E-state index is 11.7. The summed E-state index contributed by atoms with van der Waals surface area (Å²) in [4.78, 5) is 16.5. The summed E-state index contributed by atoms with van der Waals surface area (Å²) < 4.78 is 2.80. The third-order valence-corrected chi connectivity index (χ3v) is 4.83. The van der Waals surface area contributed by atoms with Crippen molar-refractivity contribution in [1.82, 2.24) is 9.55 Å². The van der Waals surface area contributed by atoms with Crippen molar-refractivity contribution in [1.29, 1.82) is 0 Å². The van der Waals surface area contributed by atoms with Gasteiger partial charge in [0.05, 0.1) is 15.7 Å². The van der Waals surface area contributed by atoms with Gasteiger partial charge in [-0.15, -0.1) is 11.3 Å². The summed E-state index contributed by atoms with van der Waals surface area (Å²) in [5.41, 5.74) is 3.05. The summed E-state index contributed by atoms with van der Waals surface area (Å²) in [5.74, 6) is 0. The minimum Gasteiger partial charge on any atom is -0.311 e. The Morgan fingerprint density at radius 3 is 2.62 bits per heavy atom. The van der Waals surface area contributed by atoms with E-state index in [2.05, 4.69) is 12.1 Å². The molecule has 2 aromatic carbocycles. The molecule has 0 saturated carbocycles. The van der Waals surface area contributed by atoms with Crippen molar-refractivity contribution in [3.63, 3.8) is 0 Å². The molecule has 4 heteroatoms. The highest BCUT2D eigenvalue weighted by Crippen LogP contribution is 2.34. The van der Waals surface area contributed by atoms with Gasteiger partial charge in [-0.2, -0.15) is 0 Å². The molecule has 2 aromatic heterocycles. The monoisotopic (exact) mass is 292 g/mol. The lowest BCUT2D eigenvalue weighted by Gasteiger charge is -2.03. The van der Waals surface area contributed by atoms with Gasteiger partial charge in [-0.1, -0.05) is 30.3 Å². The third-order valence-electron chi connectivity index (χ3n) is 3.68. The zero-order valence-electron chi connectivity index (χ0n) is 11.4. The van der Waals surface area contributed by atoms with Gasteiger partial charge in [0.2, 0.25) is 0 Å². The molecule has 4 rings (SSSR count). The Bertz CT molecular complexity index is 1020. The molecule has 0 aliphatic heterocycles. The van der Waals surface area contributed by atoms with Crippen molar-refractivity contribution < 1.29 is 0 Å². The Balaban J connectivity index is 2.06. The van der Waals surface area contributed by atoms with Crippen LogP contribution >= 0.6 is 11.3 Å². The molecule has 0 atom stereocenters. The zero-order valence-corrected chi connectivity index (χ0v) is 12.2. The molecule has 0 N–H and O–H groups in total. The Labute approximate surface area is 125 Å². The number of hydrogen-bond acceptors (Lipinski definition) is 3. The van der Waals surface area contributed by atoms with E-state index < -0.39 is 0 Å². The molecule has 4 aromatic rings. The Hall–Kier alpha value is -2.46. The molecule has 0 unspecified atom stereocenters. The molecule has 0 radical (unpaired) electrons. The SMILES string of the molecule is Cn1c(=O)ccc2c3sc(-c4ccccc4)nc3ccc21. The topological polar surface area (TPSA) is 34.9 Å². The predicted molar refractivity (Wildman–Crippen MR) is 87.8 cm³/mol. The Morgan fingerprint density at radius 2 is 1.81 bits per heavy atom. The van der Waals surface area contributed by atoms with Crippen LogP contribution in [0.15, 0.2) is 59.4 Å². The number of aromatic nitrogens is 2. The number of pyridine rings is 1. The standard InChI is InChI=1S/C17H12N2OS/c1-19-14-9-8-13-16(12(14)7-10-15(19)20)21-17(18-13)11-5-3-2-4-6-11/h2-10H,1H3. The van der Waals surface area contributed by atoms with Crippen LogP contribution in [0.25, 0.3) is 31.7 Å². The number of thiazole rings is 1. The molecule has 21 heavy (non-hydrogen) atoms. The van der Waals surface area contributed by atoms with Gasteiger partial charge in [-0.25, -0.2) is 4.98 Å². The van der Waals surface area contributed by atoms with Gasteiger partial charge in [0, 0.05) is 24.1 Å². The van der Waals surface area contributed by atoms with E-state index in [4.69, 9.17) is 4.98 Å². The predicted octanol–water partition coefficient (Wildman–Crippen LogP) is 3.82. The zero-order chi connectivity index (χ0) is 14.4. The Kier molecular flexibility index (Phi) is 2.65. The second-order valence-corrected chi connectivity index (χ2v) is 5.96. The van der Waals surface area contributed by atoms with Crippen LogP contribution in [0.4, 0.5) is 0 Å². The first-order chi connectivity index (χ1) is 10.2. The van der Waals surface area contributed by atoms with Crippen molar-refractivity contribution in [2.45, 2.75) is 0 Å². The summed E-state index contributed by atoms with van der Waals surface area (Å²) in [6.45, 7) is 0. The van der Waals surface area contributed by atoms with Gasteiger partial charge >= 0.3 is 0 Å². The minimum absolute atomic E-state index is 0.00893. The highest BCUT2D eigenvalue weighted by Gasteiger charge is 2.10. The molecule has 0 fully saturated rings. The second-order valence-electron chi connectivity index (χ2n) is 4.96. The average molecular weight is 292 g/mol. The Morgan fingerprint density at radius 1 is 1.00 bits per heavy atom. The van der Waals surface area contributed by atoms with Crippen molar-refractivity contribution in [2.24, 2.45) is 7.05 Å². The van der Waals surface area contributed by atoms with Crippen LogP contribution in [0, 0.1) is 0 Å². The smallest absolute Gasteiger partial charge is 0.250 e. The van der Waals surface area contributed by atoms with Gasteiger partial charge < -0.3 is 4.57 Å². The third kappa shape index (κ3) is 1.87. The van der Waals surface area contributed by atoms with Crippen molar-refractivity contribution in [2.75, 3.05) is 0 Å². The highest BCUT2D eigenvalue weighted by atomic mass is 32.1. The van der Waals surface area contributed by atoms with E-state index in [0.717, 1.165) is 31.7 Å². The first kappa shape index (κ1) is 12.3. The maximum atomic E-state index is 11.7. The van der Waals surface area contributed by atoms with Crippen molar-refractivity contribution >= 4 is 32.5 Å². The van der Waals surface area contributed by atoms with E-state index in [1.807, 2.05) is 36.4 Å². The first-order valence-corrected chi connectivity index (χ1v) is 7.50. The van der Waals surface area contributed by atoms with Gasteiger partial charge in [0.25, 0.3) is 5.56 Å². The van der Waals surface area contributed by atoms with Crippen molar-refractivity contribution in [3.05, 3.63) is 65.0 Å². The lowest BCUT2D eigenvalue weighted by atomic mass is 10.2. The number of aryl methyl sites for hydroxylation is 1. The number of fused-ring (bicyclic) bond motifs is 3. The van der Waals surface area contributed by atoms with E-state index >= 15 is 0 Å². The maximum Gasteiger partial charge on any atom is 0.250 e. The quantitative estimate of drug-likeness (QED) is 0.534. The van der Waals surface area contributed by atoms with Crippen LogP contribution in [-0.2, 0) is 7.05 Å². The molecular formula is C17H12N2OS. The molecule has 3 nitrogen and oxygen atoms in total. The van der Waals surface area contributed by atoms with Crippen LogP contribution < -0.4 is 5.56 Å². The molecule has 0 amide bonds. The van der Waals surface area contributed by atoms with Gasteiger partial charge in [-0.05, 0) is 18.2 Å². The summed E-state index contributed by atoms with van der Waals surface area (Å²) in [5, 5.41) is 2.08. The summed E-state index contributed by atoms with van der Waals surface area (Å²) in [6, 6.07) is 17.6. The fourth-order valence-corrected chi connectivity index (χ4v) is 3.64. The van der Waals surface area contributed by atoms with Gasteiger partial charge in [0.15, 0.2) is 0 Å². The average Bonchev–Trinajstić information content (AvgIpc) is 2.96. The van der Waals surface area contributed by atoms with Crippen LogP contribution in [0.3, 0.4) is 0 Å². The number of rotatable bonds is 1. The van der Waals surface area contributed by atoms with Gasteiger partial charge in [0.1, 0.15) is 5.01 Å². The van der Waals surface area contributed by atoms with E-state index in [1.54, 1.807) is 29.0 Å². The fraction of sp³-hybridized carbons (Fsp3) is 0.0588. The summed E-state index contributed by atoms with van der Waals surface area (Å²) in [6.07, 6.45) is 0. The molecule has 0 spiro atoms. The minimum atomic E-state index is 0.00893. The molecule has 0 aliphatic carbocycles. The summed E-state index contributed by atoms with van der Waals surface area (Å²) >= 11 is 1.67. The second kappa shape index (κ2) is 4.53. The molecule has 0 aliphatic rings. The lowest BCUT2D eigenvalue weighted by molar-refractivity contribution is 0.907. The van der Waals surface area contributed by atoms with E-state index in [-0.39, 0.29) is 5.56 Å². The number of nitrogens with zero attached hydrogens (tertiary/aromatic N) is 2. The first-order valence-electron chi connectivity index (χ1n) is 6.69. The van der Waals surface area contributed by atoms with Crippen LogP contribution in [-0.4, -0.2) is 9.55 Å². The fourth-order valence-electron chi connectivity index (χ4n) is 2.54. The molecule has 2 heterocycles. The molecule has 0 bridgehead atoms. The van der Waals surface area contributed by atoms with E-state index in [0.29, 0.717) is 0 Å². The highest BCUT2D eigenvalue weighted by molar-refractivity contribution is 7.22. The van der Waals surface area contributed by atoms with E-state index in [9.17, 15) is 4.79 Å². The lowest BCUT2D eigenvalue weighted by Crippen LogP contribution is -2.14. The molecule has 0 saturated heterocycles. The number of benzene rings is 2. The molecule has 102 valence electrons.